The Morgan fingerprint density at radius 3 is 2.76 bits per heavy atom. The van der Waals surface area contributed by atoms with E-state index in [1.165, 1.54) is 16.8 Å². The maximum atomic E-state index is 9.47. The molecule has 3 heteroatoms. The minimum atomic E-state index is 0.750. The van der Waals surface area contributed by atoms with Crippen LogP contribution in [0.5, 0.6) is 0 Å². The summed E-state index contributed by atoms with van der Waals surface area (Å²) in [6, 6.07) is 15.1. The van der Waals surface area contributed by atoms with Gasteiger partial charge in [0.25, 0.3) is 0 Å². The molecule has 0 saturated carbocycles. The van der Waals surface area contributed by atoms with Crippen molar-refractivity contribution in [1.82, 2.24) is 0 Å². The Bertz CT molecular complexity index is 716. The number of alkyl halides is 1. The normalized spacial score (nSPS) is 13.7. The van der Waals surface area contributed by atoms with Crippen LogP contribution in [0.25, 0.3) is 0 Å². The third-order valence-corrected chi connectivity index (χ3v) is 4.63. The summed E-state index contributed by atoms with van der Waals surface area (Å²) in [6.07, 6.45) is 2.25. The molecule has 106 valence electrons. The molecule has 0 unspecified atom stereocenters. The molecule has 0 amide bonds. The van der Waals surface area contributed by atoms with Crippen molar-refractivity contribution in [3.63, 3.8) is 0 Å². The number of benzene rings is 2. The van der Waals surface area contributed by atoms with Crippen LogP contribution in [-0.2, 0) is 11.8 Å². The first-order valence-corrected chi connectivity index (χ1v) is 8.31. The lowest BCUT2D eigenvalue weighted by atomic mass is 9.98. The van der Waals surface area contributed by atoms with Crippen LogP contribution in [0, 0.1) is 18.3 Å². The van der Waals surface area contributed by atoms with Gasteiger partial charge >= 0.3 is 0 Å². The van der Waals surface area contributed by atoms with Crippen molar-refractivity contribution < 1.29 is 0 Å². The van der Waals surface area contributed by atoms with Gasteiger partial charge in [0, 0.05) is 17.6 Å². The first kappa shape index (κ1) is 14.2. The Morgan fingerprint density at radius 2 is 2.00 bits per heavy atom. The summed E-state index contributed by atoms with van der Waals surface area (Å²) in [5.74, 6) is 0. The Balaban J connectivity index is 2.09. The van der Waals surface area contributed by atoms with Gasteiger partial charge in [0.15, 0.2) is 0 Å². The third-order valence-electron chi connectivity index (χ3n) is 3.98. The molecule has 0 bridgehead atoms. The highest BCUT2D eigenvalue weighted by Crippen LogP contribution is 2.36. The van der Waals surface area contributed by atoms with Gasteiger partial charge in [0.1, 0.15) is 6.07 Å². The van der Waals surface area contributed by atoms with Gasteiger partial charge in [-0.2, -0.15) is 5.26 Å². The van der Waals surface area contributed by atoms with Gasteiger partial charge in [0.2, 0.25) is 0 Å². The summed E-state index contributed by atoms with van der Waals surface area (Å²) >= 11 is 3.45. The van der Waals surface area contributed by atoms with E-state index in [-0.39, 0.29) is 0 Å². The molecular weight excluding hydrogens is 324 g/mol. The molecule has 0 atom stereocenters. The van der Waals surface area contributed by atoms with Crippen LogP contribution in [0.4, 0.5) is 11.4 Å². The molecule has 21 heavy (non-hydrogen) atoms. The number of fused-ring (bicyclic) bond motifs is 1. The van der Waals surface area contributed by atoms with Crippen molar-refractivity contribution in [1.29, 1.82) is 5.26 Å². The summed E-state index contributed by atoms with van der Waals surface area (Å²) in [6.45, 7) is 3.10. The van der Waals surface area contributed by atoms with Crippen molar-refractivity contribution >= 4 is 27.3 Å². The van der Waals surface area contributed by atoms with Crippen LogP contribution in [0.15, 0.2) is 36.4 Å². The highest BCUT2D eigenvalue weighted by atomic mass is 79.9. The van der Waals surface area contributed by atoms with E-state index in [1.807, 2.05) is 6.07 Å². The molecule has 2 nitrogen and oxygen atoms in total. The number of aryl methyl sites for hydroxylation is 2. The molecule has 0 radical (unpaired) electrons. The second-order valence-corrected chi connectivity index (χ2v) is 6.05. The van der Waals surface area contributed by atoms with Crippen LogP contribution in [0.2, 0.25) is 0 Å². The second-order valence-electron chi connectivity index (χ2n) is 5.48. The highest BCUT2D eigenvalue weighted by molar-refractivity contribution is 9.08. The molecule has 0 N–H and O–H groups in total. The maximum Gasteiger partial charge on any atom is 0.101 e. The van der Waals surface area contributed by atoms with Crippen LogP contribution in [0.1, 0.15) is 28.7 Å². The molecule has 1 aliphatic heterocycles. The van der Waals surface area contributed by atoms with E-state index < -0.39 is 0 Å². The maximum absolute atomic E-state index is 9.47. The predicted octanol–water partition coefficient (Wildman–Crippen LogP) is 4.85. The molecule has 0 spiro atoms. The smallest absolute Gasteiger partial charge is 0.101 e. The monoisotopic (exact) mass is 340 g/mol. The van der Waals surface area contributed by atoms with Gasteiger partial charge in [-0.15, -0.1) is 0 Å². The minimum absolute atomic E-state index is 0.750. The zero-order valence-electron chi connectivity index (χ0n) is 12.1. The molecule has 2 aromatic rings. The lowest BCUT2D eigenvalue weighted by molar-refractivity contribution is 0.765. The first-order chi connectivity index (χ1) is 10.2. The fourth-order valence-corrected chi connectivity index (χ4v) is 3.32. The SMILES string of the molecule is Cc1ccc2c(c1)CCCN2c1ccc(CBr)cc1C#N. The van der Waals surface area contributed by atoms with Crippen LogP contribution < -0.4 is 4.90 Å². The topological polar surface area (TPSA) is 27.0 Å². The van der Waals surface area contributed by atoms with E-state index in [1.54, 1.807) is 0 Å². The summed E-state index contributed by atoms with van der Waals surface area (Å²) in [5, 5.41) is 10.2. The molecular formula is C18H17BrN2. The van der Waals surface area contributed by atoms with Gasteiger partial charge in [-0.3, -0.25) is 0 Å². The van der Waals surface area contributed by atoms with Crippen LogP contribution in [-0.4, -0.2) is 6.54 Å². The van der Waals surface area contributed by atoms with Crippen LogP contribution in [0.3, 0.4) is 0 Å². The number of nitrogens with zero attached hydrogens (tertiary/aromatic N) is 2. The molecule has 1 heterocycles. The summed E-state index contributed by atoms with van der Waals surface area (Å²) in [4.78, 5) is 2.29. The lowest BCUT2D eigenvalue weighted by Gasteiger charge is -2.32. The molecule has 0 aliphatic carbocycles. The second kappa shape index (κ2) is 5.91. The Hall–Kier alpha value is -1.79. The average Bonchev–Trinajstić information content (AvgIpc) is 2.53. The molecule has 3 rings (SSSR count). The third kappa shape index (κ3) is 2.69. The van der Waals surface area contributed by atoms with Gasteiger partial charge in [-0.05, 0) is 49.1 Å². The average molecular weight is 341 g/mol. The van der Waals surface area contributed by atoms with Gasteiger partial charge in [-0.1, -0.05) is 39.7 Å². The van der Waals surface area contributed by atoms with Crippen molar-refractivity contribution in [3.8, 4) is 6.07 Å². The molecule has 0 fully saturated rings. The fraction of sp³-hybridized carbons (Fsp3) is 0.278. The molecule has 0 saturated heterocycles. The van der Waals surface area contributed by atoms with Crippen LogP contribution >= 0.6 is 15.9 Å². The number of halogens is 1. The quantitative estimate of drug-likeness (QED) is 0.731. The van der Waals surface area contributed by atoms with E-state index in [0.717, 1.165) is 41.5 Å². The van der Waals surface area contributed by atoms with E-state index in [9.17, 15) is 5.26 Å². The number of anilines is 2. The number of rotatable bonds is 2. The van der Waals surface area contributed by atoms with Crippen molar-refractivity contribution in [2.24, 2.45) is 0 Å². The van der Waals surface area contributed by atoms with E-state index in [4.69, 9.17) is 0 Å². The van der Waals surface area contributed by atoms with E-state index in [2.05, 4.69) is 64.2 Å². The predicted molar refractivity (Wildman–Crippen MR) is 90.3 cm³/mol. The zero-order valence-corrected chi connectivity index (χ0v) is 13.7. The Morgan fingerprint density at radius 1 is 1.19 bits per heavy atom. The van der Waals surface area contributed by atoms with Crippen molar-refractivity contribution in [2.75, 3.05) is 11.4 Å². The standard InChI is InChI=1S/C18H17BrN2/c1-13-4-6-17-15(9-13)3-2-8-21(17)18-7-5-14(11-19)10-16(18)12-20/h4-7,9-10H,2-3,8,11H2,1H3. The Kier molecular flexibility index (Phi) is 3.98. The number of hydrogen-bond donors (Lipinski definition) is 0. The lowest BCUT2D eigenvalue weighted by Crippen LogP contribution is -2.25. The fourth-order valence-electron chi connectivity index (χ4n) is 2.97. The summed E-state index contributed by atoms with van der Waals surface area (Å²) in [5.41, 5.74) is 6.83. The first-order valence-electron chi connectivity index (χ1n) is 7.19. The van der Waals surface area contributed by atoms with Crippen molar-refractivity contribution in [2.45, 2.75) is 25.1 Å². The number of hydrogen-bond acceptors (Lipinski definition) is 2. The van der Waals surface area contributed by atoms with Gasteiger partial charge in [-0.25, -0.2) is 0 Å². The van der Waals surface area contributed by atoms with E-state index >= 15 is 0 Å². The highest BCUT2D eigenvalue weighted by Gasteiger charge is 2.20. The largest absolute Gasteiger partial charge is 0.340 e. The Labute approximate surface area is 134 Å². The summed E-state index contributed by atoms with van der Waals surface area (Å²) < 4.78 is 0. The van der Waals surface area contributed by atoms with Gasteiger partial charge < -0.3 is 4.90 Å². The molecule has 0 aromatic heterocycles. The van der Waals surface area contributed by atoms with Crippen molar-refractivity contribution in [3.05, 3.63) is 58.7 Å². The van der Waals surface area contributed by atoms with Gasteiger partial charge in [0.05, 0.1) is 11.3 Å². The minimum Gasteiger partial charge on any atom is -0.340 e. The number of nitriles is 1. The molecule has 2 aromatic carbocycles. The summed E-state index contributed by atoms with van der Waals surface area (Å²) in [7, 11) is 0. The zero-order chi connectivity index (χ0) is 14.8. The molecule has 1 aliphatic rings. The van der Waals surface area contributed by atoms with E-state index in [0.29, 0.717) is 0 Å².